The minimum absolute atomic E-state index is 0.0304. The average molecular weight is 263 g/mol. The summed E-state index contributed by atoms with van der Waals surface area (Å²) in [6, 6.07) is 5.98. The van der Waals surface area contributed by atoms with E-state index in [0.717, 1.165) is 16.7 Å². The van der Waals surface area contributed by atoms with Gasteiger partial charge in [0.15, 0.2) is 0 Å². The van der Waals surface area contributed by atoms with E-state index in [0.29, 0.717) is 19.4 Å². The van der Waals surface area contributed by atoms with Gasteiger partial charge in [0.1, 0.15) is 0 Å². The zero-order chi connectivity index (χ0) is 14.4. The molecule has 0 spiro atoms. The first-order chi connectivity index (χ1) is 8.91. The number of carboxylic acid groups (broad SMARTS) is 1. The highest BCUT2D eigenvalue weighted by molar-refractivity contribution is 5.79. The molecular formula is C15H21NO3. The molecule has 4 nitrogen and oxygen atoms in total. The SMILES string of the molecule is Cc1cccc(C)c1CC(=O)N(C)CCCC(=O)O. The van der Waals surface area contributed by atoms with E-state index in [9.17, 15) is 9.59 Å². The Morgan fingerprint density at radius 3 is 2.32 bits per heavy atom. The van der Waals surface area contributed by atoms with Gasteiger partial charge in [-0.3, -0.25) is 9.59 Å². The van der Waals surface area contributed by atoms with Crippen LogP contribution in [0.5, 0.6) is 0 Å². The number of carbonyl (C=O) groups is 2. The molecule has 0 saturated heterocycles. The number of aryl methyl sites for hydroxylation is 2. The van der Waals surface area contributed by atoms with Crippen LogP contribution in [0.2, 0.25) is 0 Å². The first kappa shape index (κ1) is 15.2. The maximum absolute atomic E-state index is 12.1. The molecule has 0 heterocycles. The Hall–Kier alpha value is -1.84. The fourth-order valence-electron chi connectivity index (χ4n) is 2.01. The third kappa shape index (κ3) is 4.73. The van der Waals surface area contributed by atoms with Crippen LogP contribution in [-0.2, 0) is 16.0 Å². The van der Waals surface area contributed by atoms with Gasteiger partial charge < -0.3 is 10.0 Å². The van der Waals surface area contributed by atoms with Crippen LogP contribution in [0.3, 0.4) is 0 Å². The Kier molecular flexibility index (Phi) is 5.55. The van der Waals surface area contributed by atoms with Crippen molar-refractivity contribution < 1.29 is 14.7 Å². The lowest BCUT2D eigenvalue weighted by atomic mass is 9.99. The molecule has 0 bridgehead atoms. The molecule has 0 radical (unpaired) electrons. The molecule has 0 aromatic heterocycles. The normalized spacial score (nSPS) is 10.3. The molecule has 0 aliphatic rings. The average Bonchev–Trinajstić information content (AvgIpc) is 2.33. The van der Waals surface area contributed by atoms with Crippen LogP contribution in [0.1, 0.15) is 29.5 Å². The number of likely N-dealkylation sites (N-methyl/N-ethyl adjacent to an activating group) is 1. The van der Waals surface area contributed by atoms with E-state index in [-0.39, 0.29) is 12.3 Å². The van der Waals surface area contributed by atoms with E-state index in [1.807, 2.05) is 32.0 Å². The molecule has 4 heteroatoms. The number of nitrogens with zero attached hydrogens (tertiary/aromatic N) is 1. The van der Waals surface area contributed by atoms with E-state index >= 15 is 0 Å². The van der Waals surface area contributed by atoms with Crippen LogP contribution < -0.4 is 0 Å². The standard InChI is InChI=1S/C15H21NO3/c1-11-6-4-7-12(2)13(11)10-14(17)16(3)9-5-8-15(18)19/h4,6-7H,5,8-10H2,1-3H3,(H,18,19). The van der Waals surface area contributed by atoms with Crippen molar-refractivity contribution in [2.24, 2.45) is 0 Å². The van der Waals surface area contributed by atoms with Gasteiger partial charge in [0.2, 0.25) is 5.91 Å². The summed E-state index contributed by atoms with van der Waals surface area (Å²) in [7, 11) is 1.72. The molecule has 19 heavy (non-hydrogen) atoms. The van der Waals surface area contributed by atoms with E-state index < -0.39 is 5.97 Å². The lowest BCUT2D eigenvalue weighted by Gasteiger charge is -2.18. The predicted octanol–water partition coefficient (Wildman–Crippen LogP) is 2.17. The van der Waals surface area contributed by atoms with Crippen molar-refractivity contribution in [3.8, 4) is 0 Å². The largest absolute Gasteiger partial charge is 0.481 e. The van der Waals surface area contributed by atoms with Gasteiger partial charge in [-0.2, -0.15) is 0 Å². The van der Waals surface area contributed by atoms with Gasteiger partial charge in [0.05, 0.1) is 6.42 Å². The lowest BCUT2D eigenvalue weighted by molar-refractivity contribution is -0.138. The number of aliphatic carboxylic acids is 1. The quantitative estimate of drug-likeness (QED) is 0.855. The number of benzene rings is 1. The first-order valence-electron chi connectivity index (χ1n) is 6.42. The highest BCUT2D eigenvalue weighted by Gasteiger charge is 2.12. The highest BCUT2D eigenvalue weighted by atomic mass is 16.4. The van der Waals surface area contributed by atoms with Crippen LogP contribution in [-0.4, -0.2) is 35.5 Å². The van der Waals surface area contributed by atoms with E-state index in [1.165, 1.54) is 0 Å². The molecule has 0 unspecified atom stereocenters. The molecule has 1 N–H and O–H groups in total. The maximum atomic E-state index is 12.1. The molecule has 0 atom stereocenters. The fourth-order valence-corrected chi connectivity index (χ4v) is 2.01. The topological polar surface area (TPSA) is 57.6 Å². The zero-order valence-corrected chi connectivity index (χ0v) is 11.8. The Morgan fingerprint density at radius 2 is 1.79 bits per heavy atom. The number of rotatable bonds is 6. The van der Waals surface area contributed by atoms with Gasteiger partial charge >= 0.3 is 5.97 Å². The van der Waals surface area contributed by atoms with Gasteiger partial charge in [0.25, 0.3) is 0 Å². The van der Waals surface area contributed by atoms with Crippen LogP contribution in [0.25, 0.3) is 0 Å². The summed E-state index contributed by atoms with van der Waals surface area (Å²) < 4.78 is 0. The summed E-state index contributed by atoms with van der Waals surface area (Å²) >= 11 is 0. The summed E-state index contributed by atoms with van der Waals surface area (Å²) in [5.41, 5.74) is 3.30. The van der Waals surface area contributed by atoms with Crippen molar-refractivity contribution in [2.45, 2.75) is 33.1 Å². The molecule has 1 aromatic rings. The molecule has 0 fully saturated rings. The summed E-state index contributed by atoms with van der Waals surface area (Å²) in [6.45, 7) is 4.48. The van der Waals surface area contributed by atoms with Crippen molar-refractivity contribution in [1.82, 2.24) is 4.90 Å². The van der Waals surface area contributed by atoms with Gasteiger partial charge in [-0.25, -0.2) is 0 Å². The van der Waals surface area contributed by atoms with E-state index in [2.05, 4.69) is 0 Å². The molecule has 0 aliphatic carbocycles. The number of carbonyl (C=O) groups excluding carboxylic acids is 1. The summed E-state index contributed by atoms with van der Waals surface area (Å²) in [6.07, 6.45) is 0.966. The van der Waals surface area contributed by atoms with Gasteiger partial charge in [-0.1, -0.05) is 18.2 Å². The van der Waals surface area contributed by atoms with Crippen LogP contribution in [0.15, 0.2) is 18.2 Å². The highest BCUT2D eigenvalue weighted by Crippen LogP contribution is 2.14. The Balaban J connectivity index is 2.57. The minimum atomic E-state index is -0.824. The Bertz CT molecular complexity index is 448. The molecular weight excluding hydrogens is 242 g/mol. The van der Waals surface area contributed by atoms with Crippen molar-refractivity contribution in [3.05, 3.63) is 34.9 Å². The minimum Gasteiger partial charge on any atom is -0.481 e. The Labute approximate surface area is 114 Å². The molecule has 0 aliphatic heterocycles. The maximum Gasteiger partial charge on any atom is 0.303 e. The van der Waals surface area contributed by atoms with Crippen LogP contribution in [0.4, 0.5) is 0 Å². The third-order valence-corrected chi connectivity index (χ3v) is 3.28. The third-order valence-electron chi connectivity index (χ3n) is 3.28. The second kappa shape index (κ2) is 6.92. The van der Waals surface area contributed by atoms with Crippen LogP contribution in [0, 0.1) is 13.8 Å². The fraction of sp³-hybridized carbons (Fsp3) is 0.467. The number of hydrogen-bond acceptors (Lipinski definition) is 2. The monoisotopic (exact) mass is 263 g/mol. The molecule has 1 rings (SSSR count). The van der Waals surface area contributed by atoms with Gasteiger partial charge in [0, 0.05) is 20.0 Å². The molecule has 1 amide bonds. The van der Waals surface area contributed by atoms with Crippen LogP contribution >= 0.6 is 0 Å². The smallest absolute Gasteiger partial charge is 0.303 e. The van der Waals surface area contributed by atoms with Gasteiger partial charge in [-0.05, 0) is 37.0 Å². The summed E-state index contributed by atoms with van der Waals surface area (Å²) in [4.78, 5) is 24.1. The van der Waals surface area contributed by atoms with Gasteiger partial charge in [-0.15, -0.1) is 0 Å². The van der Waals surface area contributed by atoms with Crippen molar-refractivity contribution in [2.75, 3.05) is 13.6 Å². The van der Waals surface area contributed by atoms with E-state index in [1.54, 1.807) is 11.9 Å². The van der Waals surface area contributed by atoms with Crippen molar-refractivity contribution >= 4 is 11.9 Å². The van der Waals surface area contributed by atoms with E-state index in [4.69, 9.17) is 5.11 Å². The number of amides is 1. The first-order valence-corrected chi connectivity index (χ1v) is 6.42. The Morgan fingerprint density at radius 1 is 1.21 bits per heavy atom. The molecule has 0 saturated carbocycles. The van der Waals surface area contributed by atoms with Crippen molar-refractivity contribution in [3.63, 3.8) is 0 Å². The molecule has 104 valence electrons. The number of hydrogen-bond donors (Lipinski definition) is 1. The second-order valence-corrected chi connectivity index (χ2v) is 4.86. The zero-order valence-electron chi connectivity index (χ0n) is 11.8. The summed E-state index contributed by atoms with van der Waals surface area (Å²) in [5, 5.41) is 8.57. The van der Waals surface area contributed by atoms with Crippen molar-refractivity contribution in [1.29, 1.82) is 0 Å². The number of carboxylic acids is 1. The molecule has 1 aromatic carbocycles. The predicted molar refractivity (Wildman–Crippen MR) is 74.1 cm³/mol. The lowest BCUT2D eigenvalue weighted by Crippen LogP contribution is -2.29. The second-order valence-electron chi connectivity index (χ2n) is 4.86. The summed E-state index contributed by atoms with van der Waals surface area (Å²) in [5.74, 6) is -0.793.